The Kier molecular flexibility index (Phi) is 5.00. The highest BCUT2D eigenvalue weighted by Gasteiger charge is 2.22. The highest BCUT2D eigenvalue weighted by molar-refractivity contribution is 6.26. The van der Waals surface area contributed by atoms with E-state index in [1.165, 1.54) is 43.7 Å². The van der Waals surface area contributed by atoms with E-state index in [1.54, 1.807) is 0 Å². The molecule has 0 bridgehead atoms. The van der Waals surface area contributed by atoms with Crippen molar-refractivity contribution in [3.05, 3.63) is 158 Å². The number of hydrogen-bond acceptors (Lipinski definition) is 1. The number of furan rings is 1. The molecule has 0 unspecified atom stereocenters. The van der Waals surface area contributed by atoms with Crippen LogP contribution in [0.1, 0.15) is 0 Å². The van der Waals surface area contributed by atoms with E-state index in [-0.39, 0.29) is 0 Å². The van der Waals surface area contributed by atoms with E-state index < -0.39 is 0 Å². The fourth-order valence-electron chi connectivity index (χ4n) is 7.38. The fraction of sp³-hybridized carbons (Fsp3) is 0. The molecule has 0 aliphatic heterocycles. The minimum atomic E-state index is 0.901. The number of fused-ring (bicyclic) bond motifs is 10. The van der Waals surface area contributed by atoms with Crippen LogP contribution in [0, 0.1) is 0 Å². The van der Waals surface area contributed by atoms with Crippen LogP contribution in [-0.2, 0) is 0 Å². The highest BCUT2D eigenvalue weighted by atomic mass is 16.3. The molecule has 0 saturated heterocycles. The monoisotopic (exact) mass is 574 g/mol. The van der Waals surface area contributed by atoms with Gasteiger partial charge < -0.3 is 13.6 Å². The first-order valence-electron chi connectivity index (χ1n) is 15.4. The van der Waals surface area contributed by atoms with Crippen LogP contribution in [0.15, 0.2) is 162 Å². The summed E-state index contributed by atoms with van der Waals surface area (Å²) in [7, 11) is 0. The minimum Gasteiger partial charge on any atom is -0.454 e. The second kappa shape index (κ2) is 9.22. The first-order valence-corrected chi connectivity index (χ1v) is 15.4. The van der Waals surface area contributed by atoms with Crippen molar-refractivity contribution < 1.29 is 4.42 Å². The lowest BCUT2D eigenvalue weighted by atomic mass is 10.1. The lowest BCUT2D eigenvalue weighted by molar-refractivity contribution is 0.666. The summed E-state index contributed by atoms with van der Waals surface area (Å²) >= 11 is 0. The van der Waals surface area contributed by atoms with Crippen LogP contribution in [0.3, 0.4) is 0 Å². The SMILES string of the molecule is c1ccc(-c2ccc(-n3c4ccccc4c4ccc5c(c6ccccc6n5-c5cccc6c5oc5ccccc56)c43)cc2)cc1. The first kappa shape index (κ1) is 24.4. The van der Waals surface area contributed by atoms with Gasteiger partial charge in [-0.1, -0.05) is 115 Å². The molecular weight excluding hydrogens is 548 g/mol. The molecule has 45 heavy (non-hydrogen) atoms. The number of para-hydroxylation sites is 4. The van der Waals surface area contributed by atoms with Crippen LogP contribution in [0.4, 0.5) is 0 Å². The van der Waals surface area contributed by atoms with Crippen molar-refractivity contribution in [2.45, 2.75) is 0 Å². The van der Waals surface area contributed by atoms with Gasteiger partial charge in [0.05, 0.1) is 27.8 Å². The topological polar surface area (TPSA) is 23.0 Å². The average molecular weight is 575 g/mol. The highest BCUT2D eigenvalue weighted by Crippen LogP contribution is 2.43. The Hall–Kier alpha value is -6.06. The second-order valence-corrected chi connectivity index (χ2v) is 11.7. The summed E-state index contributed by atoms with van der Waals surface area (Å²) in [6.07, 6.45) is 0. The Morgan fingerprint density at radius 1 is 0.378 bits per heavy atom. The molecule has 0 atom stereocenters. The van der Waals surface area contributed by atoms with Crippen LogP contribution in [-0.4, -0.2) is 9.13 Å². The maximum atomic E-state index is 6.56. The lowest BCUT2D eigenvalue weighted by Gasteiger charge is -2.11. The molecule has 7 aromatic carbocycles. The van der Waals surface area contributed by atoms with E-state index in [9.17, 15) is 0 Å². The van der Waals surface area contributed by atoms with Crippen molar-refractivity contribution in [1.82, 2.24) is 9.13 Å². The normalized spacial score (nSPS) is 12.0. The van der Waals surface area contributed by atoms with E-state index in [2.05, 4.69) is 161 Å². The predicted molar refractivity (Wildman–Crippen MR) is 188 cm³/mol. The van der Waals surface area contributed by atoms with Gasteiger partial charge in [0.2, 0.25) is 0 Å². The smallest absolute Gasteiger partial charge is 0.159 e. The molecular formula is C42H26N2O. The van der Waals surface area contributed by atoms with Gasteiger partial charge in [0.15, 0.2) is 5.58 Å². The van der Waals surface area contributed by atoms with Gasteiger partial charge in [0.25, 0.3) is 0 Å². The maximum absolute atomic E-state index is 6.56. The number of hydrogen-bond donors (Lipinski definition) is 0. The lowest BCUT2D eigenvalue weighted by Crippen LogP contribution is -1.96. The van der Waals surface area contributed by atoms with E-state index in [4.69, 9.17) is 4.42 Å². The quantitative estimate of drug-likeness (QED) is 0.206. The molecule has 210 valence electrons. The zero-order chi connectivity index (χ0) is 29.5. The Morgan fingerprint density at radius 2 is 1.02 bits per heavy atom. The molecule has 3 nitrogen and oxygen atoms in total. The number of aromatic nitrogens is 2. The van der Waals surface area contributed by atoms with Crippen molar-refractivity contribution in [2.75, 3.05) is 0 Å². The molecule has 0 N–H and O–H groups in total. The zero-order valence-corrected chi connectivity index (χ0v) is 24.3. The third kappa shape index (κ3) is 3.41. The third-order valence-corrected chi connectivity index (χ3v) is 9.33. The van der Waals surface area contributed by atoms with Crippen molar-refractivity contribution in [3.8, 4) is 22.5 Å². The number of nitrogens with zero attached hydrogens (tertiary/aromatic N) is 2. The van der Waals surface area contributed by atoms with E-state index in [0.717, 1.165) is 44.3 Å². The van der Waals surface area contributed by atoms with Gasteiger partial charge in [0, 0.05) is 38.0 Å². The average Bonchev–Trinajstić information content (AvgIpc) is 3.76. The summed E-state index contributed by atoms with van der Waals surface area (Å²) in [6, 6.07) is 56.4. The molecule has 0 radical (unpaired) electrons. The minimum absolute atomic E-state index is 0.901. The van der Waals surface area contributed by atoms with Crippen molar-refractivity contribution in [1.29, 1.82) is 0 Å². The Bertz CT molecular complexity index is 2740. The zero-order valence-electron chi connectivity index (χ0n) is 24.3. The van der Waals surface area contributed by atoms with Gasteiger partial charge in [-0.15, -0.1) is 0 Å². The molecule has 0 aliphatic carbocycles. The second-order valence-electron chi connectivity index (χ2n) is 11.7. The van der Waals surface area contributed by atoms with E-state index in [1.807, 2.05) is 6.07 Å². The molecule has 0 spiro atoms. The molecule has 10 aromatic rings. The van der Waals surface area contributed by atoms with Crippen LogP contribution in [0.2, 0.25) is 0 Å². The predicted octanol–water partition coefficient (Wildman–Crippen LogP) is 11.4. The summed E-state index contributed by atoms with van der Waals surface area (Å²) < 4.78 is 11.4. The largest absolute Gasteiger partial charge is 0.454 e. The summed E-state index contributed by atoms with van der Waals surface area (Å²) in [5.74, 6) is 0. The van der Waals surface area contributed by atoms with Crippen LogP contribution in [0.25, 0.3) is 88.1 Å². The molecule has 3 aromatic heterocycles. The van der Waals surface area contributed by atoms with Gasteiger partial charge in [-0.25, -0.2) is 0 Å². The molecule has 10 rings (SSSR count). The first-order chi connectivity index (χ1) is 22.3. The summed E-state index contributed by atoms with van der Waals surface area (Å²) in [4.78, 5) is 0. The Labute approximate surface area is 258 Å². The molecule has 0 aliphatic rings. The van der Waals surface area contributed by atoms with Crippen molar-refractivity contribution in [3.63, 3.8) is 0 Å². The molecule has 0 amide bonds. The van der Waals surface area contributed by atoms with Crippen molar-refractivity contribution in [2.24, 2.45) is 0 Å². The van der Waals surface area contributed by atoms with Gasteiger partial charge >= 0.3 is 0 Å². The maximum Gasteiger partial charge on any atom is 0.159 e. The van der Waals surface area contributed by atoms with Gasteiger partial charge in [-0.05, 0) is 53.6 Å². The Balaban J connectivity index is 1.33. The van der Waals surface area contributed by atoms with Gasteiger partial charge in [-0.3, -0.25) is 0 Å². The van der Waals surface area contributed by atoms with Crippen LogP contribution in [0.5, 0.6) is 0 Å². The van der Waals surface area contributed by atoms with Crippen LogP contribution < -0.4 is 0 Å². The molecule has 0 fully saturated rings. The summed E-state index contributed by atoms with van der Waals surface area (Å²) in [5, 5.41) is 7.21. The molecule has 3 heterocycles. The van der Waals surface area contributed by atoms with Gasteiger partial charge in [-0.2, -0.15) is 0 Å². The molecule has 3 heteroatoms. The fourth-order valence-corrected chi connectivity index (χ4v) is 7.38. The molecule has 0 saturated carbocycles. The van der Waals surface area contributed by atoms with Gasteiger partial charge in [0.1, 0.15) is 5.58 Å². The summed E-state index contributed by atoms with van der Waals surface area (Å²) in [6.45, 7) is 0. The number of rotatable bonds is 3. The van der Waals surface area contributed by atoms with Crippen molar-refractivity contribution >= 4 is 65.6 Å². The van der Waals surface area contributed by atoms with E-state index >= 15 is 0 Å². The van der Waals surface area contributed by atoms with E-state index in [0.29, 0.717) is 0 Å². The summed E-state index contributed by atoms with van der Waals surface area (Å²) in [5.41, 5.74) is 11.1. The standard InChI is InChI=1S/C42H26N2O/c1-2-11-27(12-3-1)28-21-23-29(24-22-28)43-35-17-7-4-13-30(35)32-25-26-37-40(41(32)43)34-15-5-8-18-36(34)44(37)38-19-10-16-33-31-14-6-9-20-39(31)45-42(33)38/h1-26H. The van der Waals surface area contributed by atoms with Crippen LogP contribution >= 0.6 is 0 Å². The Morgan fingerprint density at radius 3 is 1.84 bits per heavy atom. The number of benzene rings is 7. The third-order valence-electron chi connectivity index (χ3n) is 9.33.